The Labute approximate surface area is 223 Å². The van der Waals surface area contributed by atoms with Crippen LogP contribution in [0.5, 0.6) is 23.0 Å². The molecule has 0 spiro atoms. The number of hydrogen-bond donors (Lipinski definition) is 1. The minimum atomic E-state index is -0.119. The number of carbonyl (C=O) groups is 2. The van der Waals surface area contributed by atoms with Crippen molar-refractivity contribution in [2.45, 2.75) is 32.6 Å². The van der Waals surface area contributed by atoms with E-state index in [1.807, 2.05) is 55.5 Å². The van der Waals surface area contributed by atoms with Crippen LogP contribution in [0.3, 0.4) is 0 Å². The second kappa shape index (κ2) is 13.4. The summed E-state index contributed by atoms with van der Waals surface area (Å²) < 4.78 is 22.2. The third kappa shape index (κ3) is 7.65. The largest absolute Gasteiger partial charge is 0.497 e. The van der Waals surface area contributed by atoms with Crippen LogP contribution in [-0.2, 0) is 9.59 Å². The van der Waals surface area contributed by atoms with Gasteiger partial charge in [-0.15, -0.1) is 0 Å². The summed E-state index contributed by atoms with van der Waals surface area (Å²) in [6, 6.07) is 20.6. The second-order valence-corrected chi connectivity index (χ2v) is 9.06. The van der Waals surface area contributed by atoms with Gasteiger partial charge < -0.3 is 29.2 Å². The average molecular weight is 519 g/mol. The number of methoxy groups -OCH3 is 1. The van der Waals surface area contributed by atoms with Gasteiger partial charge in [-0.25, -0.2) is 0 Å². The highest BCUT2D eigenvalue weighted by Gasteiger charge is 2.25. The van der Waals surface area contributed by atoms with E-state index < -0.39 is 0 Å². The lowest BCUT2D eigenvalue weighted by Gasteiger charge is -2.30. The van der Waals surface area contributed by atoms with E-state index in [1.54, 1.807) is 30.2 Å². The number of aryl methyl sites for hydroxylation is 1. The Balaban J connectivity index is 1.23. The molecular weight excluding hydrogens is 484 g/mol. The van der Waals surface area contributed by atoms with E-state index in [2.05, 4.69) is 5.32 Å². The van der Waals surface area contributed by atoms with Gasteiger partial charge in [0, 0.05) is 18.7 Å². The van der Waals surface area contributed by atoms with E-state index in [9.17, 15) is 9.59 Å². The smallest absolute Gasteiger partial charge is 0.265 e. The van der Waals surface area contributed by atoms with E-state index >= 15 is 0 Å². The molecule has 4 rings (SSSR count). The standard InChI is InChI=1S/C30H34N2O6/c1-22-7-10-25(11-8-22)36-18-4-3-17-32-27-20-23(9-16-28(27)38-21-30(32)34)31-29(33)6-5-19-37-26-14-12-24(35-2)13-15-26/h7-16,20H,3-6,17-19,21H2,1-2H3,(H,31,33). The molecule has 0 bridgehead atoms. The number of nitrogens with one attached hydrogen (secondary N) is 1. The van der Waals surface area contributed by atoms with Crippen molar-refractivity contribution >= 4 is 23.2 Å². The zero-order valence-electron chi connectivity index (χ0n) is 21.9. The van der Waals surface area contributed by atoms with Gasteiger partial charge in [-0.2, -0.15) is 0 Å². The third-order valence-electron chi connectivity index (χ3n) is 6.13. The maximum atomic E-state index is 12.6. The highest BCUT2D eigenvalue weighted by atomic mass is 16.5. The number of unbranched alkanes of at least 4 members (excludes halogenated alkanes) is 1. The SMILES string of the molecule is COc1ccc(OCCCC(=O)Nc2ccc3c(c2)N(CCCCOc2ccc(C)cc2)C(=O)CO3)cc1. The Morgan fingerprint density at radius 1 is 0.895 bits per heavy atom. The van der Waals surface area contributed by atoms with Gasteiger partial charge in [0.2, 0.25) is 5.91 Å². The number of ether oxygens (including phenoxy) is 4. The summed E-state index contributed by atoms with van der Waals surface area (Å²) in [7, 11) is 1.61. The molecule has 3 aromatic carbocycles. The fourth-order valence-electron chi connectivity index (χ4n) is 4.04. The van der Waals surface area contributed by atoms with Crippen molar-refractivity contribution in [3.8, 4) is 23.0 Å². The van der Waals surface area contributed by atoms with Crippen LogP contribution in [0.25, 0.3) is 0 Å². The number of rotatable bonds is 13. The van der Waals surface area contributed by atoms with Crippen LogP contribution < -0.4 is 29.2 Å². The third-order valence-corrected chi connectivity index (χ3v) is 6.13. The van der Waals surface area contributed by atoms with Gasteiger partial charge in [0.15, 0.2) is 6.61 Å². The van der Waals surface area contributed by atoms with Gasteiger partial charge in [-0.3, -0.25) is 9.59 Å². The van der Waals surface area contributed by atoms with Crippen molar-refractivity contribution in [1.82, 2.24) is 0 Å². The molecule has 0 saturated heterocycles. The highest BCUT2D eigenvalue weighted by molar-refractivity contribution is 5.99. The van der Waals surface area contributed by atoms with Crippen molar-refractivity contribution in [2.75, 3.05) is 43.7 Å². The van der Waals surface area contributed by atoms with Crippen LogP contribution in [-0.4, -0.2) is 45.3 Å². The maximum absolute atomic E-state index is 12.6. The van der Waals surface area contributed by atoms with E-state index in [-0.39, 0.29) is 18.4 Å². The van der Waals surface area contributed by atoms with E-state index in [0.29, 0.717) is 49.7 Å². The van der Waals surface area contributed by atoms with Crippen molar-refractivity contribution in [1.29, 1.82) is 0 Å². The fourth-order valence-corrected chi connectivity index (χ4v) is 4.04. The molecule has 0 atom stereocenters. The van der Waals surface area contributed by atoms with Gasteiger partial charge in [-0.05, 0) is 80.8 Å². The number of anilines is 2. The second-order valence-electron chi connectivity index (χ2n) is 9.06. The lowest BCUT2D eigenvalue weighted by molar-refractivity contribution is -0.121. The lowest BCUT2D eigenvalue weighted by atomic mass is 10.2. The molecule has 0 radical (unpaired) electrons. The van der Waals surface area contributed by atoms with Crippen molar-refractivity contribution in [3.63, 3.8) is 0 Å². The number of hydrogen-bond acceptors (Lipinski definition) is 6. The van der Waals surface area contributed by atoms with Crippen LogP contribution in [0.2, 0.25) is 0 Å². The Bertz CT molecular complexity index is 1210. The molecule has 1 heterocycles. The monoisotopic (exact) mass is 518 g/mol. The Kier molecular flexibility index (Phi) is 9.45. The predicted molar refractivity (Wildman–Crippen MR) is 147 cm³/mol. The first-order valence-electron chi connectivity index (χ1n) is 12.9. The first-order valence-corrected chi connectivity index (χ1v) is 12.9. The number of fused-ring (bicyclic) bond motifs is 1. The van der Waals surface area contributed by atoms with E-state index in [1.165, 1.54) is 5.56 Å². The Morgan fingerprint density at radius 3 is 2.26 bits per heavy atom. The molecule has 1 N–H and O–H groups in total. The van der Waals surface area contributed by atoms with Crippen molar-refractivity contribution in [2.24, 2.45) is 0 Å². The normalized spacial score (nSPS) is 12.4. The van der Waals surface area contributed by atoms with Gasteiger partial charge in [0.1, 0.15) is 23.0 Å². The van der Waals surface area contributed by atoms with E-state index in [4.69, 9.17) is 18.9 Å². The number of nitrogens with zero attached hydrogens (tertiary/aromatic N) is 1. The number of carbonyl (C=O) groups excluding carboxylic acids is 2. The predicted octanol–water partition coefficient (Wildman–Crippen LogP) is 5.39. The van der Waals surface area contributed by atoms with Gasteiger partial charge in [0.05, 0.1) is 26.0 Å². The van der Waals surface area contributed by atoms with Crippen molar-refractivity contribution in [3.05, 3.63) is 72.3 Å². The highest BCUT2D eigenvalue weighted by Crippen LogP contribution is 2.35. The summed E-state index contributed by atoms with van der Waals surface area (Å²) in [5, 5.41) is 2.92. The Hall–Kier alpha value is -4.20. The first-order chi connectivity index (χ1) is 18.5. The van der Waals surface area contributed by atoms with Crippen LogP contribution >= 0.6 is 0 Å². The molecule has 2 amide bonds. The molecule has 1 aliphatic rings. The zero-order valence-corrected chi connectivity index (χ0v) is 21.9. The molecule has 1 aliphatic heterocycles. The molecule has 0 fully saturated rings. The molecule has 200 valence electrons. The van der Waals surface area contributed by atoms with Gasteiger partial charge >= 0.3 is 0 Å². The van der Waals surface area contributed by atoms with Gasteiger partial charge in [-0.1, -0.05) is 17.7 Å². The maximum Gasteiger partial charge on any atom is 0.265 e. The summed E-state index contributed by atoms with van der Waals surface area (Å²) in [6.45, 7) is 3.60. The van der Waals surface area contributed by atoms with Crippen molar-refractivity contribution < 1.29 is 28.5 Å². The minimum Gasteiger partial charge on any atom is -0.497 e. The zero-order chi connectivity index (χ0) is 26.7. The minimum absolute atomic E-state index is 0.00671. The average Bonchev–Trinajstić information content (AvgIpc) is 2.93. The molecule has 0 unspecified atom stereocenters. The molecule has 3 aromatic rings. The molecular formula is C30H34N2O6. The lowest BCUT2D eigenvalue weighted by Crippen LogP contribution is -2.39. The van der Waals surface area contributed by atoms with Crippen LogP contribution in [0.1, 0.15) is 31.2 Å². The molecule has 38 heavy (non-hydrogen) atoms. The van der Waals surface area contributed by atoms with E-state index in [0.717, 1.165) is 30.1 Å². The van der Waals surface area contributed by atoms with Gasteiger partial charge in [0.25, 0.3) is 5.91 Å². The van der Waals surface area contributed by atoms with Crippen LogP contribution in [0.15, 0.2) is 66.7 Å². The summed E-state index contributed by atoms with van der Waals surface area (Å²) in [5.41, 5.74) is 2.48. The fraction of sp³-hybridized carbons (Fsp3) is 0.333. The summed E-state index contributed by atoms with van der Waals surface area (Å²) in [4.78, 5) is 26.8. The summed E-state index contributed by atoms with van der Waals surface area (Å²) >= 11 is 0. The van der Waals surface area contributed by atoms with Crippen LogP contribution in [0, 0.1) is 6.92 Å². The number of benzene rings is 3. The summed E-state index contributed by atoms with van der Waals surface area (Å²) in [5.74, 6) is 2.75. The molecule has 0 aliphatic carbocycles. The molecule has 0 aromatic heterocycles. The quantitative estimate of drug-likeness (QED) is 0.306. The molecule has 8 heteroatoms. The topological polar surface area (TPSA) is 86.3 Å². The van der Waals surface area contributed by atoms with Crippen LogP contribution in [0.4, 0.5) is 11.4 Å². The Morgan fingerprint density at radius 2 is 1.55 bits per heavy atom. The number of amides is 2. The first kappa shape index (κ1) is 26.9. The molecule has 0 saturated carbocycles. The summed E-state index contributed by atoms with van der Waals surface area (Å²) in [6.07, 6.45) is 2.47. The molecule has 8 nitrogen and oxygen atoms in total.